The molecular weight excluding hydrogens is 449 g/mol. The Hall–Kier alpha value is -3.40. The zero-order valence-corrected chi connectivity index (χ0v) is 19.2. The van der Waals surface area contributed by atoms with Gasteiger partial charge in [0.15, 0.2) is 6.10 Å². The summed E-state index contributed by atoms with van der Waals surface area (Å²) < 4.78 is 18.8. The van der Waals surface area contributed by atoms with E-state index in [0.29, 0.717) is 10.5 Å². The van der Waals surface area contributed by atoms with Crippen LogP contribution in [0.2, 0.25) is 0 Å². The number of rotatable bonds is 8. The number of imide groups is 1. The van der Waals surface area contributed by atoms with Crippen LogP contribution in [0.5, 0.6) is 0 Å². The van der Waals surface area contributed by atoms with Crippen molar-refractivity contribution in [3.05, 3.63) is 65.5 Å². The van der Waals surface area contributed by atoms with Gasteiger partial charge in [0.1, 0.15) is 11.4 Å². The molecule has 2 N–H and O–H groups in total. The summed E-state index contributed by atoms with van der Waals surface area (Å²) in [6, 6.07) is 12.0. The van der Waals surface area contributed by atoms with Crippen molar-refractivity contribution in [3.63, 3.8) is 0 Å². The molecule has 174 valence electrons. The quantitative estimate of drug-likeness (QED) is 0.347. The fraction of sp³-hybridized carbons (Fsp3) is 0.304. The lowest BCUT2D eigenvalue weighted by atomic mass is 10.1. The molecule has 0 unspecified atom stereocenters. The maximum Gasteiger partial charge on any atom is 0.340 e. The number of likely N-dealkylation sites (N-methyl/N-ethyl adjacent to an activating group) is 1. The first-order chi connectivity index (χ1) is 15.6. The molecule has 3 rings (SSSR count). The molecule has 2 atom stereocenters. The number of ether oxygens (including phenoxy) is 1. The molecular formula is C23H24FN3O5S. The average molecular weight is 474 g/mol. The van der Waals surface area contributed by atoms with Gasteiger partial charge < -0.3 is 15.0 Å². The normalized spacial score (nSPS) is 18.3. The largest absolute Gasteiger partial charge is 0.449 e. The van der Waals surface area contributed by atoms with E-state index in [0.717, 1.165) is 0 Å². The van der Waals surface area contributed by atoms with Crippen molar-refractivity contribution >= 4 is 35.6 Å². The first kappa shape index (κ1) is 24.2. The molecule has 1 heterocycles. The van der Waals surface area contributed by atoms with Crippen LogP contribution in [0.4, 0.5) is 9.18 Å². The number of halogens is 1. The molecule has 1 fully saturated rings. The summed E-state index contributed by atoms with van der Waals surface area (Å²) in [7, 11) is 1.54. The molecule has 10 heteroatoms. The van der Waals surface area contributed by atoms with Crippen molar-refractivity contribution in [2.45, 2.75) is 36.9 Å². The van der Waals surface area contributed by atoms with Gasteiger partial charge in [-0.1, -0.05) is 24.3 Å². The minimum absolute atomic E-state index is 0.164. The number of benzene rings is 2. The van der Waals surface area contributed by atoms with Crippen LogP contribution < -0.4 is 10.6 Å². The van der Waals surface area contributed by atoms with Crippen molar-refractivity contribution in [2.24, 2.45) is 0 Å². The molecule has 0 bridgehead atoms. The number of carbonyl (C=O) groups excluding carboxylic acids is 4. The summed E-state index contributed by atoms with van der Waals surface area (Å²) in [6.07, 6.45) is -1.06. The zero-order valence-electron chi connectivity index (χ0n) is 18.4. The van der Waals surface area contributed by atoms with Crippen molar-refractivity contribution in [1.82, 2.24) is 15.5 Å². The standard InChI is InChI=1S/C23H24FN3O5S/c1-14(19(28)27(3)12-15-7-6-8-16(24)11-15)32-20(29)17-9-4-5-10-18(17)33-13-23(2)21(30)25-22(31)26-23/h4-11,14H,12-13H2,1-3H3,(H2,25,26,30,31)/t14-,23+/m0/s1. The zero-order chi connectivity index (χ0) is 24.2. The summed E-state index contributed by atoms with van der Waals surface area (Å²) >= 11 is 1.21. The maximum absolute atomic E-state index is 13.4. The van der Waals surface area contributed by atoms with Crippen LogP contribution in [0.15, 0.2) is 53.4 Å². The van der Waals surface area contributed by atoms with Gasteiger partial charge in [-0.3, -0.25) is 14.9 Å². The smallest absolute Gasteiger partial charge is 0.340 e. The molecule has 0 radical (unpaired) electrons. The van der Waals surface area contributed by atoms with Gasteiger partial charge in [-0.25, -0.2) is 14.0 Å². The molecule has 0 saturated carbocycles. The van der Waals surface area contributed by atoms with E-state index in [1.165, 1.54) is 35.7 Å². The van der Waals surface area contributed by atoms with E-state index < -0.39 is 41.3 Å². The highest BCUT2D eigenvalue weighted by Gasteiger charge is 2.42. The number of amides is 4. The van der Waals surface area contributed by atoms with Gasteiger partial charge in [-0.2, -0.15) is 0 Å². The summed E-state index contributed by atoms with van der Waals surface area (Å²) in [5.41, 5.74) is -0.257. The third-order valence-corrected chi connectivity index (χ3v) is 6.45. The van der Waals surface area contributed by atoms with Crippen LogP contribution in [0.1, 0.15) is 29.8 Å². The second-order valence-corrected chi connectivity index (χ2v) is 8.91. The minimum atomic E-state index is -1.11. The fourth-order valence-corrected chi connectivity index (χ4v) is 4.37. The Kier molecular flexibility index (Phi) is 7.37. The molecule has 1 saturated heterocycles. The molecule has 4 amide bonds. The number of carbonyl (C=O) groups is 4. The Balaban J connectivity index is 1.63. The summed E-state index contributed by atoms with van der Waals surface area (Å²) in [5, 5.41) is 4.77. The van der Waals surface area contributed by atoms with Crippen LogP contribution in [-0.4, -0.2) is 53.2 Å². The number of nitrogens with one attached hydrogen (secondary N) is 2. The summed E-state index contributed by atoms with van der Waals surface area (Å²) in [5.74, 6) is -1.77. The van der Waals surface area contributed by atoms with Gasteiger partial charge in [0.05, 0.1) is 5.56 Å². The highest BCUT2D eigenvalue weighted by molar-refractivity contribution is 7.99. The molecule has 0 spiro atoms. The Morgan fingerprint density at radius 2 is 1.91 bits per heavy atom. The van der Waals surface area contributed by atoms with Crippen LogP contribution in [0, 0.1) is 5.82 Å². The van der Waals surface area contributed by atoms with E-state index in [1.54, 1.807) is 50.4 Å². The number of hydrogen-bond donors (Lipinski definition) is 2. The van der Waals surface area contributed by atoms with Crippen LogP contribution in [0.25, 0.3) is 0 Å². The molecule has 0 aromatic heterocycles. The third kappa shape index (κ3) is 5.89. The lowest BCUT2D eigenvalue weighted by molar-refractivity contribution is -0.139. The van der Waals surface area contributed by atoms with Gasteiger partial charge in [0, 0.05) is 24.2 Å². The van der Waals surface area contributed by atoms with E-state index in [4.69, 9.17) is 4.74 Å². The third-order valence-electron chi connectivity index (χ3n) is 5.06. The van der Waals surface area contributed by atoms with E-state index in [9.17, 15) is 23.6 Å². The molecule has 0 aliphatic carbocycles. The molecule has 1 aliphatic rings. The second-order valence-electron chi connectivity index (χ2n) is 7.90. The van der Waals surface area contributed by atoms with Gasteiger partial charge in [0.2, 0.25) is 0 Å². The van der Waals surface area contributed by atoms with Gasteiger partial charge in [-0.05, 0) is 43.7 Å². The number of urea groups is 1. The SMILES string of the molecule is C[C@H](OC(=O)c1ccccc1SC[C@@]1(C)NC(=O)NC1=O)C(=O)N(C)Cc1cccc(F)c1. The van der Waals surface area contributed by atoms with Gasteiger partial charge in [0.25, 0.3) is 11.8 Å². The van der Waals surface area contributed by atoms with E-state index in [-0.39, 0.29) is 17.9 Å². The molecule has 8 nitrogen and oxygen atoms in total. The second kappa shape index (κ2) is 10.0. The lowest BCUT2D eigenvalue weighted by Crippen LogP contribution is -2.46. The molecule has 2 aromatic carbocycles. The average Bonchev–Trinajstić information content (AvgIpc) is 3.03. The Morgan fingerprint density at radius 3 is 2.58 bits per heavy atom. The highest BCUT2D eigenvalue weighted by Crippen LogP contribution is 2.28. The predicted molar refractivity (Wildman–Crippen MR) is 120 cm³/mol. The number of esters is 1. The first-order valence-electron chi connectivity index (χ1n) is 10.1. The van der Waals surface area contributed by atoms with Gasteiger partial charge in [-0.15, -0.1) is 11.8 Å². The van der Waals surface area contributed by atoms with Crippen molar-refractivity contribution in [2.75, 3.05) is 12.8 Å². The monoisotopic (exact) mass is 473 g/mol. The topological polar surface area (TPSA) is 105 Å². The van der Waals surface area contributed by atoms with Gasteiger partial charge >= 0.3 is 12.0 Å². The van der Waals surface area contributed by atoms with E-state index >= 15 is 0 Å². The number of thioether (sulfide) groups is 1. The molecule has 2 aromatic rings. The summed E-state index contributed by atoms with van der Waals surface area (Å²) in [6.45, 7) is 3.23. The van der Waals surface area contributed by atoms with Crippen molar-refractivity contribution < 1.29 is 28.3 Å². The Labute approximate surface area is 194 Å². The lowest BCUT2D eigenvalue weighted by Gasteiger charge is -2.22. The van der Waals surface area contributed by atoms with Crippen LogP contribution >= 0.6 is 11.8 Å². The number of nitrogens with zero attached hydrogens (tertiary/aromatic N) is 1. The molecule has 33 heavy (non-hydrogen) atoms. The minimum Gasteiger partial charge on any atom is -0.449 e. The predicted octanol–water partition coefficient (Wildman–Crippen LogP) is 2.72. The van der Waals surface area contributed by atoms with E-state index in [1.807, 2.05) is 0 Å². The Bertz CT molecular complexity index is 1100. The van der Waals surface area contributed by atoms with E-state index in [2.05, 4.69) is 10.6 Å². The Morgan fingerprint density at radius 1 is 1.18 bits per heavy atom. The first-order valence-corrected chi connectivity index (χ1v) is 11.1. The maximum atomic E-state index is 13.4. The number of hydrogen-bond acceptors (Lipinski definition) is 6. The fourth-order valence-electron chi connectivity index (χ4n) is 3.24. The van der Waals surface area contributed by atoms with Crippen LogP contribution in [-0.2, 0) is 20.9 Å². The summed E-state index contributed by atoms with van der Waals surface area (Å²) in [4.78, 5) is 50.8. The van der Waals surface area contributed by atoms with Crippen molar-refractivity contribution in [3.8, 4) is 0 Å². The van der Waals surface area contributed by atoms with Crippen molar-refractivity contribution in [1.29, 1.82) is 0 Å². The highest BCUT2D eigenvalue weighted by atomic mass is 32.2. The molecule has 1 aliphatic heterocycles. The van der Waals surface area contributed by atoms with Crippen LogP contribution in [0.3, 0.4) is 0 Å².